The minimum atomic E-state index is -1.75. The number of aliphatic hydroxyl groups is 1. The molecule has 0 aliphatic heterocycles. The lowest BCUT2D eigenvalue weighted by Gasteiger charge is -2.56. The molecule has 0 amide bonds. The maximum Gasteiger partial charge on any atom is 0.316 e. The molecule has 1 heterocycles. The van der Waals surface area contributed by atoms with Crippen molar-refractivity contribution < 1.29 is 29.0 Å². The third-order valence-corrected chi connectivity index (χ3v) is 12.2. The number of pyridine rings is 1. The Morgan fingerprint density at radius 1 is 1.02 bits per heavy atom. The van der Waals surface area contributed by atoms with Crippen LogP contribution in [-0.2, 0) is 23.9 Å². The van der Waals surface area contributed by atoms with Gasteiger partial charge >= 0.3 is 5.97 Å². The van der Waals surface area contributed by atoms with E-state index < -0.39 is 34.8 Å². The number of carbonyl (C=O) groups excluding carboxylic acids is 4. The number of carbonyl (C=O) groups is 4. The Bertz CT molecular complexity index is 1760. The number of ketones is 3. The van der Waals surface area contributed by atoms with Crippen molar-refractivity contribution in [1.82, 2.24) is 4.98 Å². The third kappa shape index (κ3) is 4.32. The van der Waals surface area contributed by atoms with E-state index in [9.17, 15) is 24.3 Å². The van der Waals surface area contributed by atoms with Gasteiger partial charge in [0.2, 0.25) is 5.78 Å². The SMILES string of the molecule is CC12C=CC(=O)C=C1CCC1C2C(=O)CC2(C)C1CCC2(O)C(=O)COC(=O)CSc1c2ccccc2nc2ccccc12. The highest BCUT2D eigenvalue weighted by Crippen LogP contribution is 2.66. The zero-order valence-electron chi connectivity index (χ0n) is 24.9. The van der Waals surface area contributed by atoms with Crippen LogP contribution in [0.2, 0.25) is 0 Å². The van der Waals surface area contributed by atoms with Gasteiger partial charge in [-0.3, -0.25) is 19.2 Å². The molecule has 3 saturated carbocycles. The second-order valence-corrected chi connectivity index (χ2v) is 14.3. The molecule has 0 saturated heterocycles. The maximum atomic E-state index is 13.8. The van der Waals surface area contributed by atoms with Gasteiger partial charge in [-0.05, 0) is 61.8 Å². The Labute approximate surface area is 260 Å². The lowest BCUT2D eigenvalue weighted by atomic mass is 9.46. The highest BCUT2D eigenvalue weighted by Gasteiger charge is 2.68. The third-order valence-electron chi connectivity index (χ3n) is 11.1. The molecular formula is C36H35NO6S. The first-order valence-electron chi connectivity index (χ1n) is 15.3. The van der Waals surface area contributed by atoms with Crippen molar-refractivity contribution >= 4 is 56.9 Å². The van der Waals surface area contributed by atoms with Gasteiger partial charge in [0.05, 0.1) is 16.8 Å². The quantitative estimate of drug-likeness (QED) is 0.212. The highest BCUT2D eigenvalue weighted by atomic mass is 32.2. The Morgan fingerprint density at radius 3 is 2.41 bits per heavy atom. The Morgan fingerprint density at radius 2 is 1.70 bits per heavy atom. The fourth-order valence-corrected chi connectivity index (χ4v) is 9.89. The molecule has 44 heavy (non-hydrogen) atoms. The van der Waals surface area contributed by atoms with Gasteiger partial charge in [-0.1, -0.05) is 61.9 Å². The predicted molar refractivity (Wildman–Crippen MR) is 168 cm³/mol. The summed E-state index contributed by atoms with van der Waals surface area (Å²) >= 11 is 1.35. The normalized spacial score (nSPS) is 32.6. The first-order chi connectivity index (χ1) is 21.0. The van der Waals surface area contributed by atoms with Crippen LogP contribution in [0.3, 0.4) is 0 Å². The van der Waals surface area contributed by atoms with E-state index in [1.165, 1.54) is 11.8 Å². The molecule has 3 fully saturated rings. The molecule has 226 valence electrons. The molecule has 1 N–H and O–H groups in total. The predicted octanol–water partition coefficient (Wildman–Crippen LogP) is 5.81. The number of Topliss-reactive ketones (excluding diaryl/α,β-unsaturated/α-hetero) is 2. The molecule has 4 aliphatic carbocycles. The van der Waals surface area contributed by atoms with Gasteiger partial charge in [0.15, 0.2) is 12.4 Å². The number of nitrogens with zero attached hydrogens (tertiary/aromatic N) is 1. The molecule has 8 heteroatoms. The number of fused-ring (bicyclic) bond motifs is 7. The molecular weight excluding hydrogens is 574 g/mol. The molecule has 0 radical (unpaired) electrons. The lowest BCUT2D eigenvalue weighted by Crippen LogP contribution is -2.60. The number of rotatable bonds is 6. The van der Waals surface area contributed by atoms with Gasteiger partial charge in [-0.15, -0.1) is 11.8 Å². The summed E-state index contributed by atoms with van der Waals surface area (Å²) in [5.41, 5.74) is -0.536. The Balaban J connectivity index is 1.05. The van der Waals surface area contributed by atoms with Crippen molar-refractivity contribution in [2.75, 3.05) is 12.4 Å². The monoisotopic (exact) mass is 609 g/mol. The summed E-state index contributed by atoms with van der Waals surface area (Å²) in [4.78, 5) is 58.1. The van der Waals surface area contributed by atoms with Gasteiger partial charge in [-0.25, -0.2) is 4.98 Å². The van der Waals surface area contributed by atoms with Crippen molar-refractivity contribution in [2.24, 2.45) is 28.6 Å². The standard InChI is InChI=1S/C36H35NO6S/c1-34-15-13-22(38)17-21(34)11-12-23-26-14-16-36(42,35(26,2)18-29(39)32(23)34)30(40)19-43-31(41)20-44-33-24-7-3-5-9-27(24)37-28-10-6-4-8-25(28)33/h3-10,13,15,17,23,26,32,42H,11-12,14,16,18-20H2,1-2H3. The van der Waals surface area contributed by atoms with Gasteiger partial charge in [-0.2, -0.15) is 0 Å². The van der Waals surface area contributed by atoms with E-state index in [1.807, 2.05) is 68.5 Å². The summed E-state index contributed by atoms with van der Waals surface area (Å²) in [6.45, 7) is 3.37. The van der Waals surface area contributed by atoms with E-state index in [1.54, 1.807) is 12.2 Å². The molecule has 0 bridgehead atoms. The molecule has 4 aliphatic rings. The summed E-state index contributed by atoms with van der Waals surface area (Å²) in [6.07, 6.45) is 7.54. The number of hydrogen-bond donors (Lipinski definition) is 1. The van der Waals surface area contributed by atoms with E-state index in [-0.39, 0.29) is 47.9 Å². The van der Waals surface area contributed by atoms with E-state index in [0.29, 0.717) is 6.42 Å². The molecule has 6 unspecified atom stereocenters. The summed E-state index contributed by atoms with van der Waals surface area (Å²) in [6, 6.07) is 15.5. The average molecular weight is 610 g/mol. The van der Waals surface area contributed by atoms with Crippen molar-refractivity contribution in [3.8, 4) is 0 Å². The van der Waals surface area contributed by atoms with Crippen molar-refractivity contribution in [2.45, 2.75) is 56.4 Å². The molecule has 7 nitrogen and oxygen atoms in total. The molecule has 3 aromatic rings. The smallest absolute Gasteiger partial charge is 0.316 e. The van der Waals surface area contributed by atoms with E-state index >= 15 is 0 Å². The van der Waals surface area contributed by atoms with E-state index in [0.717, 1.165) is 45.1 Å². The Kier molecular flexibility index (Phi) is 6.94. The second kappa shape index (κ2) is 10.5. The number of esters is 1. The molecule has 7 rings (SSSR count). The Hall–Kier alpha value is -3.62. The fourth-order valence-electron chi connectivity index (χ4n) is 8.89. The van der Waals surface area contributed by atoms with Crippen molar-refractivity contribution in [3.05, 3.63) is 72.3 Å². The van der Waals surface area contributed by atoms with Crippen molar-refractivity contribution in [3.63, 3.8) is 0 Å². The van der Waals surface area contributed by atoms with Crippen LogP contribution in [0.5, 0.6) is 0 Å². The van der Waals surface area contributed by atoms with Crippen LogP contribution in [-0.4, -0.2) is 51.4 Å². The van der Waals surface area contributed by atoms with Crippen LogP contribution in [0, 0.1) is 28.6 Å². The molecule has 6 atom stereocenters. The van der Waals surface area contributed by atoms with E-state index in [4.69, 9.17) is 9.72 Å². The number of thioether (sulfide) groups is 1. The number of hydrogen-bond acceptors (Lipinski definition) is 8. The van der Waals surface area contributed by atoms with E-state index in [2.05, 4.69) is 0 Å². The molecule has 0 spiro atoms. The van der Waals surface area contributed by atoms with Crippen LogP contribution < -0.4 is 0 Å². The molecule has 1 aromatic heterocycles. The van der Waals surface area contributed by atoms with Gasteiger partial charge in [0.25, 0.3) is 0 Å². The average Bonchev–Trinajstić information content (AvgIpc) is 3.28. The number of allylic oxidation sites excluding steroid dienone is 4. The summed E-state index contributed by atoms with van der Waals surface area (Å²) < 4.78 is 5.46. The van der Waals surface area contributed by atoms with Gasteiger partial charge in [0.1, 0.15) is 11.4 Å². The zero-order chi connectivity index (χ0) is 30.9. The van der Waals surface area contributed by atoms with Gasteiger partial charge in [0, 0.05) is 38.8 Å². The minimum Gasteiger partial charge on any atom is -0.457 e. The highest BCUT2D eigenvalue weighted by molar-refractivity contribution is 8.00. The number of aromatic nitrogens is 1. The number of ether oxygens (including phenoxy) is 1. The summed E-state index contributed by atoms with van der Waals surface area (Å²) in [7, 11) is 0. The first kappa shape index (κ1) is 29.1. The van der Waals surface area contributed by atoms with Crippen LogP contribution in [0.1, 0.15) is 46.0 Å². The number of para-hydroxylation sites is 2. The van der Waals surface area contributed by atoms with Crippen LogP contribution in [0.4, 0.5) is 0 Å². The maximum absolute atomic E-state index is 13.8. The first-order valence-corrected chi connectivity index (χ1v) is 16.3. The largest absolute Gasteiger partial charge is 0.457 e. The van der Waals surface area contributed by atoms with Crippen LogP contribution in [0.25, 0.3) is 21.8 Å². The minimum absolute atomic E-state index is 0.00367. The zero-order valence-corrected chi connectivity index (χ0v) is 25.7. The molecule has 2 aromatic carbocycles. The number of benzene rings is 2. The second-order valence-electron chi connectivity index (χ2n) is 13.3. The summed E-state index contributed by atoms with van der Waals surface area (Å²) in [5.74, 6) is -1.41. The van der Waals surface area contributed by atoms with Crippen LogP contribution >= 0.6 is 11.8 Å². The van der Waals surface area contributed by atoms with Gasteiger partial charge < -0.3 is 9.84 Å². The summed E-state index contributed by atoms with van der Waals surface area (Å²) in [5, 5.41) is 13.8. The van der Waals surface area contributed by atoms with Crippen LogP contribution in [0.15, 0.2) is 77.2 Å². The fraction of sp³-hybridized carbons (Fsp3) is 0.417. The lowest BCUT2D eigenvalue weighted by molar-refractivity contribution is -0.172. The van der Waals surface area contributed by atoms with Crippen molar-refractivity contribution in [1.29, 1.82) is 0 Å². The topological polar surface area (TPSA) is 111 Å².